The Bertz CT molecular complexity index is 1360. The first-order valence-corrected chi connectivity index (χ1v) is 13.8. The molecule has 4 atom stereocenters. The summed E-state index contributed by atoms with van der Waals surface area (Å²) in [6, 6.07) is 11.0. The van der Waals surface area contributed by atoms with E-state index in [0.29, 0.717) is 22.5 Å². The number of thioether (sulfide) groups is 1. The predicted molar refractivity (Wildman–Crippen MR) is 149 cm³/mol. The second kappa shape index (κ2) is 12.0. The van der Waals surface area contributed by atoms with Gasteiger partial charge >= 0.3 is 12.1 Å². The van der Waals surface area contributed by atoms with E-state index in [2.05, 4.69) is 17.2 Å². The van der Waals surface area contributed by atoms with E-state index in [9.17, 15) is 29.3 Å². The average Bonchev–Trinajstić information content (AvgIpc) is 2.92. The number of benzene rings is 2. The topological polar surface area (TPSA) is 157 Å². The number of alkyl carbamates (subject to hydrolysis) is 1. The molecular formula is C28H30N4O8S. The van der Waals surface area contributed by atoms with Gasteiger partial charge in [-0.25, -0.2) is 9.59 Å². The van der Waals surface area contributed by atoms with Crippen molar-refractivity contribution in [2.24, 2.45) is 0 Å². The number of carbonyl (C=O) groups excluding carboxylic acids is 4. The zero-order chi connectivity index (χ0) is 29.9. The zero-order valence-electron chi connectivity index (χ0n) is 22.7. The number of β-lactam (4-membered cyclic amide) rings is 1. The summed E-state index contributed by atoms with van der Waals surface area (Å²) >= 11 is 1.35. The maximum atomic E-state index is 13.4. The van der Waals surface area contributed by atoms with Crippen LogP contribution in [0.4, 0.5) is 10.5 Å². The van der Waals surface area contributed by atoms with Crippen LogP contribution in [0.1, 0.15) is 37.9 Å². The van der Waals surface area contributed by atoms with Crippen LogP contribution in [0.3, 0.4) is 0 Å². The van der Waals surface area contributed by atoms with Gasteiger partial charge in [-0.05, 0) is 49.6 Å². The second-order valence-corrected chi connectivity index (χ2v) is 11.6. The van der Waals surface area contributed by atoms with Crippen molar-refractivity contribution in [1.82, 2.24) is 15.5 Å². The van der Waals surface area contributed by atoms with Crippen LogP contribution in [0.2, 0.25) is 0 Å². The third-order valence-corrected chi connectivity index (χ3v) is 7.67. The molecule has 0 spiro atoms. The van der Waals surface area contributed by atoms with Gasteiger partial charge in [-0.3, -0.25) is 19.7 Å². The molecule has 2 aromatic rings. The van der Waals surface area contributed by atoms with Crippen LogP contribution < -0.4 is 10.6 Å². The third kappa shape index (κ3) is 6.85. The fraction of sp³-hybridized carbons (Fsp3) is 0.357. The van der Waals surface area contributed by atoms with E-state index in [1.54, 1.807) is 51.1 Å². The van der Waals surface area contributed by atoms with Gasteiger partial charge in [-0.1, -0.05) is 36.9 Å². The summed E-state index contributed by atoms with van der Waals surface area (Å²) in [5, 5.41) is 15.6. The van der Waals surface area contributed by atoms with Crippen LogP contribution in [0.5, 0.6) is 0 Å². The Balaban J connectivity index is 1.42. The van der Waals surface area contributed by atoms with E-state index in [1.807, 2.05) is 0 Å². The number of esters is 1. The molecule has 2 N–H and O–H groups in total. The van der Waals surface area contributed by atoms with E-state index in [-0.39, 0.29) is 12.3 Å². The van der Waals surface area contributed by atoms with Gasteiger partial charge in [-0.15, -0.1) is 11.8 Å². The van der Waals surface area contributed by atoms with Crippen LogP contribution in [-0.2, 0) is 30.5 Å². The van der Waals surface area contributed by atoms with Crippen molar-refractivity contribution in [3.8, 4) is 0 Å². The van der Waals surface area contributed by atoms with Gasteiger partial charge in [0.1, 0.15) is 29.7 Å². The van der Waals surface area contributed by atoms with Crippen LogP contribution in [0.15, 0.2) is 66.7 Å². The van der Waals surface area contributed by atoms with Crippen molar-refractivity contribution in [1.29, 1.82) is 0 Å². The number of hydrogen-bond acceptors (Lipinski definition) is 9. The summed E-state index contributed by atoms with van der Waals surface area (Å²) in [7, 11) is 0. The number of ether oxygens (including phenoxy) is 2. The summed E-state index contributed by atoms with van der Waals surface area (Å²) in [6.07, 6.45) is -0.790. The minimum absolute atomic E-state index is 0.0873. The molecule has 2 aliphatic rings. The van der Waals surface area contributed by atoms with Crippen molar-refractivity contribution >= 4 is 41.3 Å². The average molecular weight is 583 g/mol. The SMILES string of the molecule is C=C1CS[C@@H]2[C@H](NC(=O)C(NC(=O)OC(C)(C)C)c3ccccc3)C(=O)N2[C@H]1C(=O)OCc1ccc([N+](=O)[O-])cc1. The fourth-order valence-corrected chi connectivity index (χ4v) is 5.68. The summed E-state index contributed by atoms with van der Waals surface area (Å²) in [5.41, 5.74) is 0.648. The lowest BCUT2D eigenvalue weighted by atomic mass is 9.97. The maximum absolute atomic E-state index is 13.4. The van der Waals surface area contributed by atoms with Gasteiger partial charge in [0.2, 0.25) is 11.8 Å². The standard InChI is InChI=1S/C28H30N4O8S/c1-16-15-41-25-21(29-23(33)20(18-8-6-5-7-9-18)30-27(36)40-28(2,3)4)24(34)31(25)22(16)26(35)39-14-17-10-12-19(13-11-17)32(37)38/h5-13,20-22,25H,1,14-15H2,2-4H3,(H,29,33)(H,30,36)/t20?,21-,22-,25-/m1/s1. The Hall–Kier alpha value is -4.39. The number of hydrogen-bond donors (Lipinski definition) is 2. The lowest BCUT2D eigenvalue weighted by Gasteiger charge is -2.52. The number of nitro benzene ring substituents is 1. The van der Waals surface area contributed by atoms with Crippen LogP contribution in [-0.4, -0.2) is 62.5 Å². The van der Waals surface area contributed by atoms with Crippen LogP contribution in [0, 0.1) is 10.1 Å². The molecule has 2 heterocycles. The Morgan fingerprint density at radius 3 is 2.41 bits per heavy atom. The third-order valence-electron chi connectivity index (χ3n) is 6.29. The lowest BCUT2D eigenvalue weighted by Crippen LogP contribution is -2.75. The first kappa shape index (κ1) is 29.6. The smallest absolute Gasteiger partial charge is 0.408 e. The summed E-state index contributed by atoms with van der Waals surface area (Å²) in [4.78, 5) is 63.7. The van der Waals surface area contributed by atoms with Crippen LogP contribution >= 0.6 is 11.8 Å². The number of carbonyl (C=O) groups is 4. The van der Waals surface area contributed by atoms with Crippen LogP contribution in [0.25, 0.3) is 0 Å². The van der Waals surface area contributed by atoms with Gasteiger partial charge in [-0.2, -0.15) is 0 Å². The minimum atomic E-state index is -1.13. The molecule has 12 nitrogen and oxygen atoms in total. The Morgan fingerprint density at radius 1 is 1.15 bits per heavy atom. The number of non-ortho nitro benzene ring substituents is 1. The zero-order valence-corrected chi connectivity index (χ0v) is 23.5. The first-order valence-electron chi connectivity index (χ1n) is 12.7. The molecule has 0 aliphatic carbocycles. The van der Waals surface area contributed by atoms with Gasteiger partial charge in [0.05, 0.1) is 4.92 Å². The Labute approximate surface area is 240 Å². The number of amides is 3. The largest absolute Gasteiger partial charge is 0.459 e. The number of nitro groups is 1. The van der Waals surface area contributed by atoms with E-state index >= 15 is 0 Å². The molecular weight excluding hydrogens is 552 g/mol. The lowest BCUT2D eigenvalue weighted by molar-refractivity contribution is -0.384. The molecule has 0 radical (unpaired) electrons. The molecule has 0 bridgehead atoms. The molecule has 4 rings (SSSR count). The van der Waals surface area contributed by atoms with Gasteiger partial charge in [0, 0.05) is 17.9 Å². The van der Waals surface area contributed by atoms with Gasteiger partial charge in [0.15, 0.2) is 6.04 Å². The molecule has 3 amide bonds. The van der Waals surface area contributed by atoms with Crippen molar-refractivity contribution < 1.29 is 33.6 Å². The van der Waals surface area contributed by atoms with Crippen molar-refractivity contribution in [3.63, 3.8) is 0 Å². The highest BCUT2D eigenvalue weighted by Gasteiger charge is 2.56. The predicted octanol–water partition coefficient (Wildman–Crippen LogP) is 3.23. The Kier molecular flexibility index (Phi) is 8.66. The normalized spacial score (nSPS) is 20.7. The number of fused-ring (bicyclic) bond motifs is 1. The highest BCUT2D eigenvalue weighted by molar-refractivity contribution is 8.00. The Morgan fingerprint density at radius 2 is 1.80 bits per heavy atom. The molecule has 2 aromatic carbocycles. The highest BCUT2D eigenvalue weighted by Crippen LogP contribution is 2.40. The highest BCUT2D eigenvalue weighted by atomic mass is 32.2. The maximum Gasteiger partial charge on any atom is 0.408 e. The van der Waals surface area contributed by atoms with Crippen molar-refractivity contribution in [3.05, 3.63) is 88.0 Å². The molecule has 216 valence electrons. The molecule has 0 saturated carbocycles. The molecule has 2 saturated heterocycles. The molecule has 1 unspecified atom stereocenters. The first-order chi connectivity index (χ1) is 19.4. The van der Waals surface area contributed by atoms with Gasteiger partial charge in [0.25, 0.3) is 5.69 Å². The fourth-order valence-electron chi connectivity index (χ4n) is 4.37. The second-order valence-electron chi connectivity index (χ2n) is 10.5. The molecule has 0 aromatic heterocycles. The molecule has 2 aliphatic heterocycles. The van der Waals surface area contributed by atoms with Gasteiger partial charge < -0.3 is 25.0 Å². The number of rotatable bonds is 8. The quantitative estimate of drug-likeness (QED) is 0.157. The number of nitrogens with one attached hydrogen (secondary N) is 2. The summed E-state index contributed by atoms with van der Waals surface area (Å²) in [6.45, 7) is 8.89. The minimum Gasteiger partial charge on any atom is -0.459 e. The molecule has 13 heteroatoms. The number of nitrogens with zero attached hydrogens (tertiary/aromatic N) is 2. The van der Waals surface area contributed by atoms with E-state index in [0.717, 1.165) is 0 Å². The van der Waals surface area contributed by atoms with Crippen molar-refractivity contribution in [2.75, 3.05) is 5.75 Å². The van der Waals surface area contributed by atoms with E-state index < -0.39 is 57.9 Å². The molecule has 41 heavy (non-hydrogen) atoms. The monoisotopic (exact) mass is 582 g/mol. The van der Waals surface area contributed by atoms with E-state index in [1.165, 1.54) is 40.9 Å². The molecule has 2 fully saturated rings. The van der Waals surface area contributed by atoms with E-state index in [4.69, 9.17) is 9.47 Å². The summed E-state index contributed by atoms with van der Waals surface area (Å²) in [5.74, 6) is -1.43. The van der Waals surface area contributed by atoms with Crippen molar-refractivity contribution in [2.45, 2.75) is 56.5 Å². The summed E-state index contributed by atoms with van der Waals surface area (Å²) < 4.78 is 10.7.